The maximum atomic E-state index is 13.8. The van der Waals surface area contributed by atoms with Crippen LogP contribution in [-0.2, 0) is 4.79 Å². The van der Waals surface area contributed by atoms with Gasteiger partial charge < -0.3 is 19.2 Å². The van der Waals surface area contributed by atoms with Crippen LogP contribution in [0.5, 0.6) is 0 Å². The van der Waals surface area contributed by atoms with Crippen molar-refractivity contribution in [3.8, 4) is 11.5 Å². The fourth-order valence-corrected chi connectivity index (χ4v) is 3.85. The standard InChI is InChI=1S/C18H14FN3O4S/c19-11-4-1-2-5-12(11)20-17(23)14-9-27-10-22(14)18(24)13-8-16(26-21-13)15-6-3-7-25-15/h1-8,14H,9-10H2,(H,20,23). The van der Waals surface area contributed by atoms with Gasteiger partial charge >= 0.3 is 0 Å². The molecule has 1 aliphatic rings. The molecule has 2 amide bonds. The summed E-state index contributed by atoms with van der Waals surface area (Å²) in [6.07, 6.45) is 1.49. The van der Waals surface area contributed by atoms with Crippen LogP contribution in [0.15, 0.2) is 57.7 Å². The number of carbonyl (C=O) groups is 2. The van der Waals surface area contributed by atoms with Crippen LogP contribution in [0.3, 0.4) is 0 Å². The van der Waals surface area contributed by atoms with E-state index in [-0.39, 0.29) is 11.4 Å². The highest BCUT2D eigenvalue weighted by atomic mass is 32.2. The second-order valence-corrected chi connectivity index (χ2v) is 6.81. The Hall–Kier alpha value is -3.07. The molecule has 138 valence electrons. The molecule has 4 rings (SSSR count). The number of thioether (sulfide) groups is 1. The van der Waals surface area contributed by atoms with Crippen LogP contribution in [0, 0.1) is 5.82 Å². The van der Waals surface area contributed by atoms with Crippen LogP contribution >= 0.6 is 11.8 Å². The molecular formula is C18H14FN3O4S. The molecule has 0 spiro atoms. The first kappa shape index (κ1) is 17.3. The zero-order valence-electron chi connectivity index (χ0n) is 13.9. The molecule has 0 aliphatic carbocycles. The molecule has 1 atom stereocenters. The summed E-state index contributed by atoms with van der Waals surface area (Å²) in [7, 11) is 0. The van der Waals surface area contributed by atoms with Crippen LogP contribution in [0.25, 0.3) is 11.5 Å². The van der Waals surface area contributed by atoms with E-state index >= 15 is 0 Å². The average molecular weight is 387 g/mol. The minimum Gasteiger partial charge on any atom is -0.461 e. The Morgan fingerprint density at radius 3 is 2.85 bits per heavy atom. The number of aromatic nitrogens is 1. The van der Waals surface area contributed by atoms with Gasteiger partial charge in [-0.2, -0.15) is 0 Å². The average Bonchev–Trinajstić information content (AvgIpc) is 3.42. The molecule has 3 aromatic rings. The topological polar surface area (TPSA) is 88.6 Å². The van der Waals surface area contributed by atoms with E-state index < -0.39 is 23.7 Å². The molecule has 1 N–H and O–H groups in total. The maximum Gasteiger partial charge on any atom is 0.277 e. The number of para-hydroxylation sites is 1. The molecule has 9 heteroatoms. The van der Waals surface area contributed by atoms with Gasteiger partial charge in [0, 0.05) is 11.8 Å². The van der Waals surface area contributed by atoms with E-state index in [1.165, 1.54) is 47.2 Å². The molecule has 1 saturated heterocycles. The van der Waals surface area contributed by atoms with E-state index in [4.69, 9.17) is 8.94 Å². The van der Waals surface area contributed by atoms with Crippen LogP contribution in [-0.4, -0.2) is 39.5 Å². The predicted octanol–water partition coefficient (Wildman–Crippen LogP) is 3.23. The zero-order valence-corrected chi connectivity index (χ0v) is 14.7. The van der Waals surface area contributed by atoms with Crippen molar-refractivity contribution in [2.24, 2.45) is 0 Å². The Morgan fingerprint density at radius 1 is 1.22 bits per heavy atom. The van der Waals surface area contributed by atoms with Crippen molar-refractivity contribution in [3.63, 3.8) is 0 Å². The van der Waals surface area contributed by atoms with Crippen molar-refractivity contribution >= 4 is 29.3 Å². The van der Waals surface area contributed by atoms with Gasteiger partial charge in [0.05, 0.1) is 17.8 Å². The summed E-state index contributed by atoms with van der Waals surface area (Å²) in [6, 6.07) is 10.00. The number of amides is 2. The van der Waals surface area contributed by atoms with Gasteiger partial charge in [0.25, 0.3) is 5.91 Å². The van der Waals surface area contributed by atoms with Gasteiger partial charge in [0.1, 0.15) is 11.9 Å². The molecule has 27 heavy (non-hydrogen) atoms. The van der Waals surface area contributed by atoms with Crippen LogP contribution < -0.4 is 5.32 Å². The number of furan rings is 1. The summed E-state index contributed by atoms with van der Waals surface area (Å²) >= 11 is 1.43. The van der Waals surface area contributed by atoms with E-state index in [0.29, 0.717) is 23.2 Å². The third-order valence-electron chi connectivity index (χ3n) is 4.07. The van der Waals surface area contributed by atoms with Gasteiger partial charge in [-0.1, -0.05) is 17.3 Å². The molecule has 0 radical (unpaired) electrons. The lowest BCUT2D eigenvalue weighted by Gasteiger charge is -2.22. The zero-order chi connectivity index (χ0) is 18.8. The van der Waals surface area contributed by atoms with Gasteiger partial charge in [-0.05, 0) is 24.3 Å². The van der Waals surface area contributed by atoms with Crippen molar-refractivity contribution in [1.29, 1.82) is 0 Å². The molecular weight excluding hydrogens is 373 g/mol. The van der Waals surface area contributed by atoms with Crippen molar-refractivity contribution in [3.05, 3.63) is 60.2 Å². The molecule has 3 heterocycles. The highest BCUT2D eigenvalue weighted by Gasteiger charge is 2.36. The van der Waals surface area contributed by atoms with Crippen LogP contribution in [0.4, 0.5) is 10.1 Å². The third-order valence-corrected chi connectivity index (χ3v) is 5.08. The predicted molar refractivity (Wildman–Crippen MR) is 96.5 cm³/mol. The quantitative estimate of drug-likeness (QED) is 0.739. The van der Waals surface area contributed by atoms with Crippen molar-refractivity contribution in [2.45, 2.75) is 6.04 Å². The number of halogens is 1. The van der Waals surface area contributed by atoms with E-state index in [1.807, 2.05) is 0 Å². The number of hydrogen-bond acceptors (Lipinski definition) is 6. The van der Waals surface area contributed by atoms with Crippen molar-refractivity contribution in [2.75, 3.05) is 16.9 Å². The van der Waals surface area contributed by atoms with Crippen molar-refractivity contribution < 1.29 is 22.9 Å². The van der Waals surface area contributed by atoms with Crippen LogP contribution in [0.2, 0.25) is 0 Å². The SMILES string of the molecule is O=C(Nc1ccccc1F)C1CSCN1C(=O)c1cc(-c2ccco2)on1. The van der Waals surface area contributed by atoms with E-state index in [1.54, 1.807) is 18.2 Å². The number of anilines is 1. The number of rotatable bonds is 4. The van der Waals surface area contributed by atoms with E-state index in [0.717, 1.165) is 0 Å². The second-order valence-electron chi connectivity index (χ2n) is 5.81. The first-order valence-electron chi connectivity index (χ1n) is 8.08. The fraction of sp³-hybridized carbons (Fsp3) is 0.167. The molecule has 2 aromatic heterocycles. The second kappa shape index (κ2) is 7.28. The minimum absolute atomic E-state index is 0.0765. The summed E-state index contributed by atoms with van der Waals surface area (Å²) < 4.78 is 24.1. The molecule has 1 aromatic carbocycles. The number of benzene rings is 1. The Kier molecular flexibility index (Phi) is 4.68. The summed E-state index contributed by atoms with van der Waals surface area (Å²) in [5.74, 6) is 0.0950. The highest BCUT2D eigenvalue weighted by molar-refractivity contribution is 7.99. The first-order chi connectivity index (χ1) is 13.1. The van der Waals surface area contributed by atoms with Crippen molar-refractivity contribution in [1.82, 2.24) is 10.1 Å². The molecule has 1 unspecified atom stereocenters. The van der Waals surface area contributed by atoms with Gasteiger partial charge in [0.15, 0.2) is 11.5 Å². The third kappa shape index (κ3) is 3.45. The maximum absolute atomic E-state index is 13.8. The summed E-state index contributed by atoms with van der Waals surface area (Å²) in [5, 5.41) is 6.32. The van der Waals surface area contributed by atoms with Gasteiger partial charge in [-0.25, -0.2) is 4.39 Å². The number of carbonyl (C=O) groups excluding carboxylic acids is 2. The summed E-state index contributed by atoms with van der Waals surface area (Å²) in [4.78, 5) is 26.7. The minimum atomic E-state index is -0.731. The largest absolute Gasteiger partial charge is 0.461 e. The number of nitrogens with zero attached hydrogens (tertiary/aromatic N) is 2. The Morgan fingerprint density at radius 2 is 2.07 bits per heavy atom. The lowest BCUT2D eigenvalue weighted by Crippen LogP contribution is -2.44. The first-order valence-corrected chi connectivity index (χ1v) is 9.23. The number of nitrogens with one attached hydrogen (secondary N) is 1. The van der Waals surface area contributed by atoms with Gasteiger partial charge in [-0.15, -0.1) is 11.8 Å². The summed E-state index contributed by atoms with van der Waals surface area (Å²) in [6.45, 7) is 0. The molecule has 1 fully saturated rings. The molecule has 0 saturated carbocycles. The smallest absolute Gasteiger partial charge is 0.277 e. The van der Waals surface area contributed by atoms with Gasteiger partial charge in [0.2, 0.25) is 11.7 Å². The monoisotopic (exact) mass is 387 g/mol. The van der Waals surface area contributed by atoms with E-state index in [9.17, 15) is 14.0 Å². The normalized spacial score (nSPS) is 16.5. The van der Waals surface area contributed by atoms with Crippen LogP contribution in [0.1, 0.15) is 10.5 Å². The lowest BCUT2D eigenvalue weighted by atomic mass is 10.2. The highest BCUT2D eigenvalue weighted by Crippen LogP contribution is 2.26. The lowest BCUT2D eigenvalue weighted by molar-refractivity contribution is -0.119. The Bertz CT molecular complexity index is 973. The Labute approximate surface area is 157 Å². The van der Waals surface area contributed by atoms with Gasteiger partial charge in [-0.3, -0.25) is 9.59 Å². The molecule has 1 aliphatic heterocycles. The van der Waals surface area contributed by atoms with E-state index in [2.05, 4.69) is 10.5 Å². The number of hydrogen-bond donors (Lipinski definition) is 1. The summed E-state index contributed by atoms with van der Waals surface area (Å²) in [5.41, 5.74) is 0.154. The molecule has 0 bridgehead atoms. The molecule has 7 nitrogen and oxygen atoms in total. The Balaban J connectivity index is 1.50. The fourth-order valence-electron chi connectivity index (χ4n) is 2.70.